The molecule has 4 aromatic rings. The van der Waals surface area contributed by atoms with Crippen molar-refractivity contribution in [3.8, 4) is 11.5 Å². The molecule has 0 aliphatic rings. The molecule has 0 aliphatic heterocycles. The van der Waals surface area contributed by atoms with Crippen LogP contribution in [0.3, 0.4) is 0 Å². The van der Waals surface area contributed by atoms with Crippen molar-refractivity contribution in [3.63, 3.8) is 0 Å². The van der Waals surface area contributed by atoms with E-state index in [-0.39, 0.29) is 0 Å². The van der Waals surface area contributed by atoms with Crippen LogP contribution in [0.2, 0.25) is 0 Å². The molecular formula is C42H56N2O2. The Morgan fingerprint density at radius 1 is 0.435 bits per heavy atom. The van der Waals surface area contributed by atoms with Gasteiger partial charge >= 0.3 is 0 Å². The molecule has 4 atom stereocenters. The summed E-state index contributed by atoms with van der Waals surface area (Å²) < 4.78 is 12.0. The van der Waals surface area contributed by atoms with Crippen LogP contribution in [-0.2, 0) is 12.8 Å². The fourth-order valence-electron chi connectivity index (χ4n) is 6.09. The first-order valence-electron chi connectivity index (χ1n) is 17.5. The molecule has 4 heteroatoms. The van der Waals surface area contributed by atoms with Crippen molar-refractivity contribution >= 4 is 0 Å². The minimum Gasteiger partial charge on any atom is -0.494 e. The highest BCUT2D eigenvalue weighted by molar-refractivity contribution is 5.29. The number of benzene rings is 4. The Balaban J connectivity index is 0.987. The van der Waals surface area contributed by atoms with Crippen molar-refractivity contribution in [2.45, 2.75) is 103 Å². The minimum atomic E-state index is 0.341. The topological polar surface area (TPSA) is 42.5 Å². The molecule has 0 spiro atoms. The normalized spacial score (nSPS) is 13.9. The number of rotatable bonds is 21. The number of nitrogens with one attached hydrogen (secondary N) is 2. The van der Waals surface area contributed by atoms with Crippen LogP contribution in [0.4, 0.5) is 0 Å². The molecule has 0 aromatic heterocycles. The molecule has 0 fully saturated rings. The quantitative estimate of drug-likeness (QED) is 0.0910. The highest BCUT2D eigenvalue weighted by Gasteiger charge is 2.11. The summed E-state index contributed by atoms with van der Waals surface area (Å²) in [6, 6.07) is 40.0. The average Bonchev–Trinajstić information content (AvgIpc) is 3.07. The van der Waals surface area contributed by atoms with Gasteiger partial charge in [0.25, 0.3) is 0 Å². The molecule has 4 rings (SSSR count). The second-order valence-corrected chi connectivity index (χ2v) is 12.9. The Labute approximate surface area is 278 Å². The van der Waals surface area contributed by atoms with E-state index in [2.05, 4.69) is 148 Å². The number of unbranched alkanes of at least 4 members (excludes halogenated alkanes) is 5. The summed E-state index contributed by atoms with van der Waals surface area (Å²) in [4.78, 5) is 0. The van der Waals surface area contributed by atoms with Gasteiger partial charge in [0.05, 0.1) is 13.2 Å². The summed E-state index contributed by atoms with van der Waals surface area (Å²) >= 11 is 0. The van der Waals surface area contributed by atoms with Gasteiger partial charge in [-0.1, -0.05) is 111 Å². The maximum absolute atomic E-state index is 6.01. The summed E-state index contributed by atoms with van der Waals surface area (Å²) in [6.07, 6.45) is 9.12. The maximum Gasteiger partial charge on any atom is 0.119 e. The molecule has 0 aliphatic carbocycles. The van der Waals surface area contributed by atoms with Gasteiger partial charge in [0.15, 0.2) is 0 Å². The highest BCUT2D eigenvalue weighted by atomic mass is 16.5. The lowest BCUT2D eigenvalue weighted by Gasteiger charge is -2.20. The zero-order chi connectivity index (χ0) is 32.4. The van der Waals surface area contributed by atoms with E-state index in [9.17, 15) is 0 Å². The van der Waals surface area contributed by atoms with E-state index >= 15 is 0 Å². The standard InChI is InChI=1S/C42H56N2O2/c1-33(43-35(3)39-17-11-9-12-18-39)31-37-21-25-41(26-22-37)45-29-15-7-5-6-8-16-30-46-42-27-23-38(24-28-42)32-34(2)44-36(4)40-19-13-10-14-20-40/h9-14,17-28,33-36,43-44H,5-8,15-16,29-32H2,1-4H3/t33-,34-,35-,36-/m1/s1. The third-order valence-corrected chi connectivity index (χ3v) is 8.67. The second kappa shape index (κ2) is 19.8. The summed E-state index contributed by atoms with van der Waals surface area (Å²) in [7, 11) is 0. The van der Waals surface area contributed by atoms with Crippen LogP contribution in [-0.4, -0.2) is 25.3 Å². The Morgan fingerprint density at radius 3 is 1.15 bits per heavy atom. The zero-order valence-corrected chi connectivity index (χ0v) is 28.6. The Hall–Kier alpha value is -3.60. The van der Waals surface area contributed by atoms with Gasteiger partial charge in [-0.05, 0) is 99.9 Å². The average molecular weight is 621 g/mol. The molecule has 0 amide bonds. The van der Waals surface area contributed by atoms with Crippen LogP contribution in [0.5, 0.6) is 11.5 Å². The van der Waals surface area contributed by atoms with E-state index in [1.54, 1.807) is 0 Å². The van der Waals surface area contributed by atoms with E-state index in [4.69, 9.17) is 9.47 Å². The first-order valence-corrected chi connectivity index (χ1v) is 17.5. The molecule has 246 valence electrons. The molecule has 46 heavy (non-hydrogen) atoms. The first-order chi connectivity index (χ1) is 22.5. The largest absolute Gasteiger partial charge is 0.494 e. The SMILES string of the molecule is C[C@H](Cc1ccc(OCCCCCCCCOc2ccc(C[C@@H](C)N[C@H](C)c3ccccc3)cc2)cc1)N[C@H](C)c1ccccc1. The molecule has 0 saturated carbocycles. The molecule has 0 bridgehead atoms. The fourth-order valence-corrected chi connectivity index (χ4v) is 6.09. The highest BCUT2D eigenvalue weighted by Crippen LogP contribution is 2.19. The van der Waals surface area contributed by atoms with Gasteiger partial charge in [-0.25, -0.2) is 0 Å². The monoisotopic (exact) mass is 620 g/mol. The first kappa shape index (κ1) is 35.3. The summed E-state index contributed by atoms with van der Waals surface area (Å²) in [5.41, 5.74) is 5.32. The predicted octanol–water partition coefficient (Wildman–Crippen LogP) is 10.0. The lowest BCUT2D eigenvalue weighted by Crippen LogP contribution is -2.30. The number of hydrogen-bond donors (Lipinski definition) is 2. The Kier molecular flexibility index (Phi) is 15.2. The third-order valence-electron chi connectivity index (χ3n) is 8.67. The molecule has 0 heterocycles. The lowest BCUT2D eigenvalue weighted by molar-refractivity contribution is 0.297. The van der Waals surface area contributed by atoms with E-state index in [0.29, 0.717) is 24.2 Å². The van der Waals surface area contributed by atoms with Crippen LogP contribution in [0.1, 0.15) is 101 Å². The van der Waals surface area contributed by atoms with Gasteiger partial charge in [-0.3, -0.25) is 0 Å². The van der Waals surface area contributed by atoms with Crippen molar-refractivity contribution in [2.24, 2.45) is 0 Å². The minimum absolute atomic E-state index is 0.341. The van der Waals surface area contributed by atoms with Crippen LogP contribution < -0.4 is 20.1 Å². The molecule has 2 N–H and O–H groups in total. The van der Waals surface area contributed by atoms with Gasteiger partial charge in [-0.2, -0.15) is 0 Å². The predicted molar refractivity (Wildman–Crippen MR) is 194 cm³/mol. The van der Waals surface area contributed by atoms with Gasteiger partial charge < -0.3 is 20.1 Å². The van der Waals surface area contributed by atoms with Gasteiger partial charge in [0, 0.05) is 24.2 Å². The lowest BCUT2D eigenvalue weighted by atomic mass is 10.0. The van der Waals surface area contributed by atoms with E-state index < -0.39 is 0 Å². The van der Waals surface area contributed by atoms with E-state index in [1.165, 1.54) is 47.9 Å². The van der Waals surface area contributed by atoms with Crippen molar-refractivity contribution in [3.05, 3.63) is 131 Å². The van der Waals surface area contributed by atoms with Gasteiger partial charge in [0.2, 0.25) is 0 Å². The zero-order valence-electron chi connectivity index (χ0n) is 28.6. The third kappa shape index (κ3) is 13.0. The summed E-state index contributed by atoms with van der Waals surface area (Å²) in [5, 5.41) is 7.42. The Morgan fingerprint density at radius 2 is 0.783 bits per heavy atom. The molecule has 0 unspecified atom stereocenters. The van der Waals surface area contributed by atoms with Crippen LogP contribution in [0.25, 0.3) is 0 Å². The molecular weight excluding hydrogens is 564 g/mol. The van der Waals surface area contributed by atoms with Crippen LogP contribution in [0, 0.1) is 0 Å². The molecule has 0 radical (unpaired) electrons. The van der Waals surface area contributed by atoms with Crippen molar-refractivity contribution in [1.29, 1.82) is 0 Å². The van der Waals surface area contributed by atoms with E-state index in [1.807, 2.05) is 0 Å². The molecule has 4 nitrogen and oxygen atoms in total. The van der Waals surface area contributed by atoms with Crippen molar-refractivity contribution in [1.82, 2.24) is 10.6 Å². The van der Waals surface area contributed by atoms with Crippen molar-refractivity contribution < 1.29 is 9.47 Å². The van der Waals surface area contributed by atoms with E-state index in [0.717, 1.165) is 50.4 Å². The summed E-state index contributed by atoms with van der Waals surface area (Å²) in [5.74, 6) is 1.94. The second-order valence-electron chi connectivity index (χ2n) is 12.9. The van der Waals surface area contributed by atoms with Gasteiger partial charge in [0.1, 0.15) is 11.5 Å². The fraction of sp³-hybridized carbons (Fsp3) is 0.429. The smallest absolute Gasteiger partial charge is 0.119 e. The van der Waals surface area contributed by atoms with Gasteiger partial charge in [-0.15, -0.1) is 0 Å². The molecule has 4 aromatic carbocycles. The number of hydrogen-bond acceptors (Lipinski definition) is 4. The summed E-state index contributed by atoms with van der Waals surface area (Å²) in [6.45, 7) is 10.5. The Bertz CT molecular complexity index is 1240. The van der Waals surface area contributed by atoms with Crippen LogP contribution >= 0.6 is 0 Å². The maximum atomic E-state index is 6.01. The number of ether oxygens (including phenoxy) is 2. The molecule has 0 saturated heterocycles. The van der Waals surface area contributed by atoms with Crippen molar-refractivity contribution in [2.75, 3.05) is 13.2 Å². The van der Waals surface area contributed by atoms with Crippen LogP contribution in [0.15, 0.2) is 109 Å².